The van der Waals surface area contributed by atoms with Crippen molar-refractivity contribution in [1.29, 1.82) is 0 Å². The maximum atomic E-state index is 5.36. The third-order valence-electron chi connectivity index (χ3n) is 3.18. The van der Waals surface area contributed by atoms with Crippen LogP contribution in [-0.2, 0) is 0 Å². The monoisotopic (exact) mass is 234 g/mol. The van der Waals surface area contributed by atoms with E-state index in [1.165, 1.54) is 24.9 Å². The molecule has 0 radical (unpaired) electrons. The zero-order valence-corrected chi connectivity index (χ0v) is 10.8. The summed E-state index contributed by atoms with van der Waals surface area (Å²) in [7, 11) is 3.84. The number of nitrogens with one attached hydrogen (secondary N) is 1. The number of ether oxygens (including phenoxy) is 1. The second-order valence-corrected chi connectivity index (χ2v) is 4.68. The predicted molar refractivity (Wildman–Crippen MR) is 71.9 cm³/mol. The molecule has 1 aromatic carbocycles. The van der Waals surface area contributed by atoms with Crippen molar-refractivity contribution < 1.29 is 4.74 Å². The Kier molecular flexibility index (Phi) is 4.26. The molecule has 0 heterocycles. The number of para-hydroxylation sites is 2. The minimum absolute atomic E-state index is 0.812. The van der Waals surface area contributed by atoms with Crippen molar-refractivity contribution in [2.24, 2.45) is 0 Å². The number of hydrogen-bond donors (Lipinski definition) is 1. The van der Waals surface area contributed by atoms with Crippen molar-refractivity contribution >= 4 is 5.69 Å². The SMILES string of the molecule is COc1ccccc1N(C)CCCNC1CC1. The standard InChI is InChI=1S/C14H22N2O/c1-16(11-5-10-15-12-8-9-12)13-6-3-4-7-14(13)17-2/h3-4,6-7,12,15H,5,8-11H2,1-2H3. The van der Waals surface area contributed by atoms with E-state index in [0.717, 1.165) is 24.9 Å². The number of benzene rings is 1. The molecule has 1 saturated carbocycles. The van der Waals surface area contributed by atoms with E-state index in [0.29, 0.717) is 0 Å². The molecule has 94 valence electrons. The second kappa shape index (κ2) is 5.92. The molecular formula is C14H22N2O. The highest BCUT2D eigenvalue weighted by atomic mass is 16.5. The summed E-state index contributed by atoms with van der Waals surface area (Å²) < 4.78 is 5.36. The van der Waals surface area contributed by atoms with E-state index < -0.39 is 0 Å². The molecule has 1 N–H and O–H groups in total. The van der Waals surface area contributed by atoms with Gasteiger partial charge in [-0.15, -0.1) is 0 Å². The molecule has 1 aliphatic rings. The van der Waals surface area contributed by atoms with Crippen molar-refractivity contribution in [1.82, 2.24) is 5.32 Å². The van der Waals surface area contributed by atoms with E-state index in [9.17, 15) is 0 Å². The molecule has 0 amide bonds. The molecule has 0 saturated heterocycles. The molecule has 1 fully saturated rings. The van der Waals surface area contributed by atoms with Crippen LogP contribution in [0.3, 0.4) is 0 Å². The lowest BCUT2D eigenvalue weighted by molar-refractivity contribution is 0.414. The summed E-state index contributed by atoms with van der Waals surface area (Å²) in [5.74, 6) is 0.949. The Hall–Kier alpha value is -1.22. The fraction of sp³-hybridized carbons (Fsp3) is 0.571. The number of methoxy groups -OCH3 is 1. The molecule has 1 aliphatic carbocycles. The van der Waals surface area contributed by atoms with Gasteiger partial charge in [0.05, 0.1) is 12.8 Å². The van der Waals surface area contributed by atoms with Crippen molar-refractivity contribution in [3.8, 4) is 5.75 Å². The van der Waals surface area contributed by atoms with E-state index in [4.69, 9.17) is 4.74 Å². The third kappa shape index (κ3) is 3.63. The van der Waals surface area contributed by atoms with Crippen LogP contribution in [-0.4, -0.2) is 33.3 Å². The molecule has 2 rings (SSSR count). The van der Waals surface area contributed by atoms with Gasteiger partial charge in [0.15, 0.2) is 0 Å². The largest absolute Gasteiger partial charge is 0.495 e. The molecule has 17 heavy (non-hydrogen) atoms. The molecule has 1 aromatic rings. The highest BCUT2D eigenvalue weighted by molar-refractivity contribution is 5.57. The van der Waals surface area contributed by atoms with Gasteiger partial charge < -0.3 is 15.0 Å². The molecule has 0 spiro atoms. The summed E-state index contributed by atoms with van der Waals surface area (Å²) >= 11 is 0. The number of rotatable bonds is 7. The van der Waals surface area contributed by atoms with Gasteiger partial charge in [0, 0.05) is 19.6 Å². The molecule has 0 aromatic heterocycles. The van der Waals surface area contributed by atoms with E-state index in [1.807, 2.05) is 12.1 Å². The Labute approximate surface area is 104 Å². The fourth-order valence-corrected chi connectivity index (χ4v) is 1.98. The van der Waals surface area contributed by atoms with Gasteiger partial charge in [0.1, 0.15) is 5.75 Å². The van der Waals surface area contributed by atoms with E-state index >= 15 is 0 Å². The summed E-state index contributed by atoms with van der Waals surface area (Å²) in [4.78, 5) is 2.26. The van der Waals surface area contributed by atoms with Gasteiger partial charge in [-0.3, -0.25) is 0 Å². The Bertz CT molecular complexity index is 350. The third-order valence-corrected chi connectivity index (χ3v) is 3.18. The zero-order valence-electron chi connectivity index (χ0n) is 10.8. The van der Waals surface area contributed by atoms with Crippen molar-refractivity contribution in [2.75, 3.05) is 32.1 Å². The summed E-state index contributed by atoms with van der Waals surface area (Å²) in [6.45, 7) is 2.17. The Morgan fingerprint density at radius 1 is 1.35 bits per heavy atom. The molecular weight excluding hydrogens is 212 g/mol. The predicted octanol–water partition coefficient (Wildman–Crippen LogP) is 2.27. The topological polar surface area (TPSA) is 24.5 Å². The maximum absolute atomic E-state index is 5.36. The van der Waals surface area contributed by atoms with E-state index in [-0.39, 0.29) is 0 Å². The molecule has 0 aliphatic heterocycles. The Balaban J connectivity index is 1.78. The molecule has 0 unspecified atom stereocenters. The van der Waals surface area contributed by atoms with Gasteiger partial charge in [0.2, 0.25) is 0 Å². The summed E-state index contributed by atoms with van der Waals surface area (Å²) in [5.41, 5.74) is 1.17. The smallest absolute Gasteiger partial charge is 0.142 e. The summed E-state index contributed by atoms with van der Waals surface area (Å²) in [6.07, 6.45) is 3.90. The first-order valence-corrected chi connectivity index (χ1v) is 6.39. The van der Waals surface area contributed by atoms with Crippen LogP contribution in [0.2, 0.25) is 0 Å². The average Bonchev–Trinajstić information content (AvgIpc) is 3.18. The van der Waals surface area contributed by atoms with Crippen molar-refractivity contribution in [2.45, 2.75) is 25.3 Å². The summed E-state index contributed by atoms with van der Waals surface area (Å²) in [5, 5.41) is 3.53. The van der Waals surface area contributed by atoms with Gasteiger partial charge in [-0.1, -0.05) is 12.1 Å². The Morgan fingerprint density at radius 2 is 2.12 bits per heavy atom. The highest BCUT2D eigenvalue weighted by Gasteiger charge is 2.19. The van der Waals surface area contributed by atoms with Crippen LogP contribution in [0.5, 0.6) is 5.75 Å². The highest BCUT2D eigenvalue weighted by Crippen LogP contribution is 2.26. The molecule has 3 nitrogen and oxygen atoms in total. The van der Waals surface area contributed by atoms with Crippen molar-refractivity contribution in [3.05, 3.63) is 24.3 Å². The lowest BCUT2D eigenvalue weighted by Gasteiger charge is -2.21. The van der Waals surface area contributed by atoms with Crippen LogP contribution < -0.4 is 15.0 Å². The first kappa shape index (κ1) is 12.2. The number of hydrogen-bond acceptors (Lipinski definition) is 3. The van der Waals surface area contributed by atoms with Crippen LogP contribution in [0.4, 0.5) is 5.69 Å². The fourth-order valence-electron chi connectivity index (χ4n) is 1.98. The summed E-state index contributed by atoms with van der Waals surface area (Å²) in [6, 6.07) is 8.98. The van der Waals surface area contributed by atoms with Crippen LogP contribution in [0, 0.1) is 0 Å². The normalized spacial score (nSPS) is 14.7. The van der Waals surface area contributed by atoms with Crippen LogP contribution in [0.15, 0.2) is 24.3 Å². The molecule has 0 bridgehead atoms. The minimum atomic E-state index is 0.812. The van der Waals surface area contributed by atoms with Gasteiger partial charge in [0.25, 0.3) is 0 Å². The van der Waals surface area contributed by atoms with Crippen LogP contribution >= 0.6 is 0 Å². The number of nitrogens with zero attached hydrogens (tertiary/aromatic N) is 1. The first-order valence-electron chi connectivity index (χ1n) is 6.39. The second-order valence-electron chi connectivity index (χ2n) is 4.68. The van der Waals surface area contributed by atoms with E-state index in [2.05, 4.69) is 29.4 Å². The minimum Gasteiger partial charge on any atom is -0.495 e. The average molecular weight is 234 g/mol. The van der Waals surface area contributed by atoms with Crippen molar-refractivity contribution in [3.63, 3.8) is 0 Å². The lowest BCUT2D eigenvalue weighted by atomic mass is 10.2. The molecule has 3 heteroatoms. The first-order chi connectivity index (χ1) is 8.31. The van der Waals surface area contributed by atoms with Gasteiger partial charge in [-0.05, 0) is 37.9 Å². The number of anilines is 1. The molecule has 0 atom stereocenters. The van der Waals surface area contributed by atoms with E-state index in [1.54, 1.807) is 7.11 Å². The zero-order chi connectivity index (χ0) is 12.1. The van der Waals surface area contributed by atoms with Crippen LogP contribution in [0.25, 0.3) is 0 Å². The van der Waals surface area contributed by atoms with Gasteiger partial charge in [-0.25, -0.2) is 0 Å². The lowest BCUT2D eigenvalue weighted by Crippen LogP contribution is -2.25. The van der Waals surface area contributed by atoms with Crippen LogP contribution in [0.1, 0.15) is 19.3 Å². The van der Waals surface area contributed by atoms with Gasteiger partial charge >= 0.3 is 0 Å². The maximum Gasteiger partial charge on any atom is 0.142 e. The van der Waals surface area contributed by atoms with Gasteiger partial charge in [-0.2, -0.15) is 0 Å². The quantitative estimate of drug-likeness (QED) is 0.732. The Morgan fingerprint density at radius 3 is 2.82 bits per heavy atom.